The highest BCUT2D eigenvalue weighted by molar-refractivity contribution is 7.22. The zero-order valence-corrected chi connectivity index (χ0v) is 18.4. The number of hydrogen-bond donors (Lipinski definition) is 1. The summed E-state index contributed by atoms with van der Waals surface area (Å²) in [5, 5.41) is 0.773. The fourth-order valence-corrected chi connectivity index (χ4v) is 4.31. The van der Waals surface area contributed by atoms with Gasteiger partial charge in [-0.15, -0.1) is 0 Å². The van der Waals surface area contributed by atoms with E-state index in [1.165, 1.54) is 29.5 Å². The molecule has 0 aliphatic heterocycles. The number of rotatable bonds is 9. The number of halogens is 2. The predicted molar refractivity (Wildman–Crippen MR) is 123 cm³/mol. The molecule has 2 N–H and O–H groups in total. The van der Waals surface area contributed by atoms with Crippen LogP contribution in [0.25, 0.3) is 10.2 Å². The maximum atomic E-state index is 13.9. The van der Waals surface area contributed by atoms with Gasteiger partial charge in [0.15, 0.2) is 16.6 Å². The molecule has 0 unspecified atom stereocenters. The average molecular weight is 456 g/mol. The van der Waals surface area contributed by atoms with Crippen LogP contribution in [-0.2, 0) is 13.2 Å². The highest BCUT2D eigenvalue weighted by atomic mass is 32.1. The number of nitrogens with zero attached hydrogens (tertiary/aromatic N) is 2. The predicted octanol–water partition coefficient (Wildman–Crippen LogP) is 5.13. The molecule has 0 bridgehead atoms. The van der Waals surface area contributed by atoms with Gasteiger partial charge < -0.3 is 20.1 Å². The quantitative estimate of drug-likeness (QED) is 0.379. The number of nitrogens with two attached hydrogens (primary N) is 1. The van der Waals surface area contributed by atoms with Crippen molar-refractivity contribution in [3.63, 3.8) is 0 Å². The molecule has 32 heavy (non-hydrogen) atoms. The van der Waals surface area contributed by atoms with Crippen LogP contribution in [0, 0.1) is 11.6 Å². The Morgan fingerprint density at radius 3 is 2.66 bits per heavy atom. The molecule has 3 aromatic carbocycles. The van der Waals surface area contributed by atoms with Crippen LogP contribution in [0.2, 0.25) is 0 Å². The second kappa shape index (κ2) is 9.93. The second-order valence-corrected chi connectivity index (χ2v) is 8.19. The first-order valence-corrected chi connectivity index (χ1v) is 10.9. The number of benzene rings is 3. The maximum absolute atomic E-state index is 13.9. The van der Waals surface area contributed by atoms with E-state index < -0.39 is 0 Å². The van der Waals surface area contributed by atoms with E-state index >= 15 is 0 Å². The number of aromatic nitrogens is 1. The van der Waals surface area contributed by atoms with E-state index in [0.29, 0.717) is 42.2 Å². The standard InChI is InChI=1S/C24H23F2N3O2S/c1-30-22-12-16(6-8-21(22)31-15-17-4-2-3-5-19(17)26)14-29(11-10-27)24-28-20-13-18(25)7-9-23(20)32-24/h2-9,12-13H,10-11,14-15,27H2,1H3. The molecule has 0 spiro atoms. The molecule has 0 aliphatic rings. The Labute approximate surface area is 189 Å². The Hall–Kier alpha value is -3.23. The lowest BCUT2D eigenvalue weighted by atomic mass is 10.2. The minimum atomic E-state index is -0.310. The third kappa shape index (κ3) is 4.98. The summed E-state index contributed by atoms with van der Waals surface area (Å²) in [4.78, 5) is 6.63. The van der Waals surface area contributed by atoms with Crippen LogP contribution in [0.3, 0.4) is 0 Å². The van der Waals surface area contributed by atoms with Gasteiger partial charge in [-0.3, -0.25) is 0 Å². The van der Waals surface area contributed by atoms with Gasteiger partial charge in [-0.1, -0.05) is 35.6 Å². The maximum Gasteiger partial charge on any atom is 0.186 e. The van der Waals surface area contributed by atoms with Crippen molar-refractivity contribution < 1.29 is 18.3 Å². The van der Waals surface area contributed by atoms with Crippen molar-refractivity contribution in [3.8, 4) is 11.5 Å². The topological polar surface area (TPSA) is 60.6 Å². The lowest BCUT2D eigenvalue weighted by molar-refractivity contribution is 0.279. The zero-order valence-electron chi connectivity index (χ0n) is 17.6. The van der Waals surface area contributed by atoms with E-state index in [1.54, 1.807) is 31.4 Å². The fraction of sp³-hybridized carbons (Fsp3) is 0.208. The molecule has 8 heteroatoms. The Kier molecular flexibility index (Phi) is 6.82. The van der Waals surface area contributed by atoms with E-state index in [2.05, 4.69) is 9.88 Å². The number of anilines is 1. The average Bonchev–Trinajstić information content (AvgIpc) is 3.22. The first kappa shape index (κ1) is 22.0. The highest BCUT2D eigenvalue weighted by Gasteiger charge is 2.15. The van der Waals surface area contributed by atoms with E-state index in [0.717, 1.165) is 15.4 Å². The molecular formula is C24H23F2N3O2S. The van der Waals surface area contributed by atoms with Gasteiger partial charge in [0.1, 0.15) is 18.2 Å². The van der Waals surface area contributed by atoms with Gasteiger partial charge in [-0.25, -0.2) is 13.8 Å². The van der Waals surface area contributed by atoms with Crippen LogP contribution in [0.5, 0.6) is 11.5 Å². The van der Waals surface area contributed by atoms with Crippen molar-refractivity contribution in [2.24, 2.45) is 5.73 Å². The van der Waals surface area contributed by atoms with Gasteiger partial charge >= 0.3 is 0 Å². The largest absolute Gasteiger partial charge is 0.493 e. The van der Waals surface area contributed by atoms with Crippen molar-refractivity contribution in [1.82, 2.24) is 4.98 Å². The van der Waals surface area contributed by atoms with Crippen LogP contribution < -0.4 is 20.1 Å². The van der Waals surface area contributed by atoms with Crippen molar-refractivity contribution in [3.05, 3.63) is 83.4 Å². The summed E-state index contributed by atoms with van der Waals surface area (Å²) in [6.45, 7) is 1.69. The molecule has 0 fully saturated rings. The second-order valence-electron chi connectivity index (χ2n) is 7.18. The summed E-state index contributed by atoms with van der Waals surface area (Å²) in [7, 11) is 1.56. The first-order chi connectivity index (χ1) is 15.6. The number of fused-ring (bicyclic) bond motifs is 1. The number of thiazole rings is 1. The van der Waals surface area contributed by atoms with Crippen molar-refractivity contribution in [2.45, 2.75) is 13.2 Å². The summed E-state index contributed by atoms with van der Waals surface area (Å²) < 4.78 is 39.6. The highest BCUT2D eigenvalue weighted by Crippen LogP contribution is 2.32. The molecular weight excluding hydrogens is 432 g/mol. The summed E-state index contributed by atoms with van der Waals surface area (Å²) in [6, 6.07) is 16.7. The van der Waals surface area contributed by atoms with Gasteiger partial charge in [0.25, 0.3) is 0 Å². The molecule has 0 radical (unpaired) electrons. The van der Waals surface area contributed by atoms with Crippen LogP contribution in [0.4, 0.5) is 13.9 Å². The smallest absolute Gasteiger partial charge is 0.186 e. The van der Waals surface area contributed by atoms with E-state index in [1.807, 2.05) is 18.2 Å². The molecule has 0 saturated heterocycles. The molecule has 0 atom stereocenters. The van der Waals surface area contributed by atoms with E-state index in [4.69, 9.17) is 15.2 Å². The van der Waals surface area contributed by atoms with Gasteiger partial charge in [-0.05, 0) is 35.9 Å². The molecule has 4 rings (SSSR count). The van der Waals surface area contributed by atoms with Gasteiger partial charge in [-0.2, -0.15) is 0 Å². The molecule has 1 heterocycles. The van der Waals surface area contributed by atoms with Crippen LogP contribution in [0.15, 0.2) is 60.7 Å². The Morgan fingerprint density at radius 1 is 1.03 bits per heavy atom. The summed E-state index contributed by atoms with van der Waals surface area (Å²) in [6.07, 6.45) is 0. The Balaban J connectivity index is 1.53. The van der Waals surface area contributed by atoms with E-state index in [9.17, 15) is 8.78 Å². The lowest BCUT2D eigenvalue weighted by Crippen LogP contribution is -2.28. The summed E-state index contributed by atoms with van der Waals surface area (Å²) >= 11 is 1.49. The lowest BCUT2D eigenvalue weighted by Gasteiger charge is -2.22. The minimum Gasteiger partial charge on any atom is -0.493 e. The van der Waals surface area contributed by atoms with Gasteiger partial charge in [0.2, 0.25) is 0 Å². The van der Waals surface area contributed by atoms with Crippen molar-refractivity contribution in [2.75, 3.05) is 25.1 Å². The number of ether oxygens (including phenoxy) is 2. The fourth-order valence-electron chi connectivity index (χ4n) is 3.34. The SMILES string of the molecule is COc1cc(CN(CCN)c2nc3cc(F)ccc3s2)ccc1OCc1ccccc1F. The first-order valence-electron chi connectivity index (χ1n) is 10.1. The van der Waals surface area contributed by atoms with E-state index in [-0.39, 0.29) is 18.2 Å². The van der Waals surface area contributed by atoms with Crippen LogP contribution in [0.1, 0.15) is 11.1 Å². The molecule has 1 aromatic heterocycles. The van der Waals surface area contributed by atoms with Crippen molar-refractivity contribution >= 4 is 26.7 Å². The normalized spacial score (nSPS) is 11.0. The van der Waals surface area contributed by atoms with Crippen LogP contribution in [-0.4, -0.2) is 25.2 Å². The molecule has 5 nitrogen and oxygen atoms in total. The molecule has 166 valence electrons. The minimum absolute atomic E-state index is 0.101. The summed E-state index contributed by atoms with van der Waals surface area (Å²) in [5.74, 6) is 0.463. The van der Waals surface area contributed by atoms with Crippen molar-refractivity contribution in [1.29, 1.82) is 0 Å². The summed E-state index contributed by atoms with van der Waals surface area (Å²) in [5.41, 5.74) is 7.90. The number of methoxy groups -OCH3 is 1. The van der Waals surface area contributed by atoms with Gasteiger partial charge in [0, 0.05) is 31.3 Å². The molecule has 4 aromatic rings. The molecule has 0 saturated carbocycles. The molecule has 0 amide bonds. The monoisotopic (exact) mass is 455 g/mol. The van der Waals surface area contributed by atoms with Gasteiger partial charge in [0.05, 0.1) is 17.3 Å². The third-order valence-electron chi connectivity index (χ3n) is 4.95. The van der Waals surface area contributed by atoms with Crippen LogP contribution >= 0.6 is 11.3 Å². The third-order valence-corrected chi connectivity index (χ3v) is 6.05. The number of hydrogen-bond acceptors (Lipinski definition) is 6. The Morgan fingerprint density at radius 2 is 1.88 bits per heavy atom. The zero-order chi connectivity index (χ0) is 22.5. The molecule has 0 aliphatic carbocycles. The Bertz CT molecular complexity index is 1220.